The molecule has 1 aliphatic heterocycles. The maximum absolute atomic E-state index is 6.08. The molecule has 3 atom stereocenters. The van der Waals surface area contributed by atoms with Crippen LogP contribution in [0.1, 0.15) is 62.8 Å². The Hall–Kier alpha value is -1.13. The van der Waals surface area contributed by atoms with E-state index in [1.165, 1.54) is 56.9 Å². The van der Waals surface area contributed by atoms with Crippen molar-refractivity contribution in [1.82, 2.24) is 10.3 Å². The quantitative estimate of drug-likeness (QED) is 0.790. The van der Waals surface area contributed by atoms with E-state index in [0.29, 0.717) is 18.1 Å². The highest BCUT2D eigenvalue weighted by Gasteiger charge is 2.38. The van der Waals surface area contributed by atoms with Gasteiger partial charge in [0.15, 0.2) is 0 Å². The first kappa shape index (κ1) is 16.3. The third-order valence-corrected chi connectivity index (χ3v) is 5.86. The fourth-order valence-corrected chi connectivity index (χ4v) is 4.00. The molecule has 1 N–H and O–H groups in total. The Balaban J connectivity index is 1.19. The molecule has 1 saturated heterocycles. The maximum Gasteiger partial charge on any atom is 0.137 e. The zero-order valence-corrected chi connectivity index (χ0v) is 14.6. The summed E-state index contributed by atoms with van der Waals surface area (Å²) in [5.74, 6) is 2.36. The predicted molar refractivity (Wildman–Crippen MR) is 94.4 cm³/mol. The second-order valence-corrected chi connectivity index (χ2v) is 7.73. The van der Waals surface area contributed by atoms with Gasteiger partial charge in [-0.1, -0.05) is 19.3 Å². The Labute approximate surface area is 145 Å². The Morgan fingerprint density at radius 3 is 2.79 bits per heavy atom. The van der Waals surface area contributed by atoms with Crippen LogP contribution < -0.4 is 10.1 Å². The smallest absolute Gasteiger partial charge is 0.137 e. The number of ether oxygens (including phenoxy) is 2. The molecule has 2 saturated carbocycles. The molecule has 0 aromatic carbocycles. The molecule has 24 heavy (non-hydrogen) atoms. The number of pyridine rings is 1. The Kier molecular flexibility index (Phi) is 5.34. The molecule has 2 aliphatic carbocycles. The zero-order valence-electron chi connectivity index (χ0n) is 14.6. The average molecular weight is 330 g/mol. The summed E-state index contributed by atoms with van der Waals surface area (Å²) >= 11 is 0. The first-order chi connectivity index (χ1) is 11.9. The van der Waals surface area contributed by atoms with Crippen LogP contribution in [0.25, 0.3) is 0 Å². The van der Waals surface area contributed by atoms with Crippen LogP contribution in [0.2, 0.25) is 0 Å². The van der Waals surface area contributed by atoms with E-state index in [9.17, 15) is 0 Å². The summed E-state index contributed by atoms with van der Waals surface area (Å²) < 4.78 is 12.0. The van der Waals surface area contributed by atoms with E-state index in [1.54, 1.807) is 0 Å². The van der Waals surface area contributed by atoms with Crippen LogP contribution in [0.3, 0.4) is 0 Å². The van der Waals surface area contributed by atoms with Gasteiger partial charge < -0.3 is 14.8 Å². The van der Waals surface area contributed by atoms with Crippen LogP contribution in [0.4, 0.5) is 0 Å². The van der Waals surface area contributed by atoms with E-state index in [0.717, 1.165) is 31.4 Å². The monoisotopic (exact) mass is 330 g/mol. The second kappa shape index (κ2) is 7.83. The highest BCUT2D eigenvalue weighted by molar-refractivity contribution is 5.30. The number of nitrogens with zero attached hydrogens (tertiary/aromatic N) is 1. The molecule has 0 spiro atoms. The Morgan fingerprint density at radius 1 is 1.12 bits per heavy atom. The molecular formula is C20H30N2O2. The van der Waals surface area contributed by atoms with Gasteiger partial charge in [0.05, 0.1) is 12.3 Å². The molecule has 1 aromatic rings. The summed E-state index contributed by atoms with van der Waals surface area (Å²) in [6.07, 6.45) is 14.7. The number of hydrogen-bond donors (Lipinski definition) is 1. The minimum atomic E-state index is 0.527. The molecule has 4 rings (SSSR count). The van der Waals surface area contributed by atoms with Crippen molar-refractivity contribution in [3.8, 4) is 5.75 Å². The molecule has 0 radical (unpaired) electrons. The lowest BCUT2D eigenvalue weighted by molar-refractivity contribution is 0.0250. The molecule has 0 bridgehead atoms. The number of aromatic nitrogens is 1. The number of rotatable bonds is 8. The van der Waals surface area contributed by atoms with E-state index in [-0.39, 0.29) is 0 Å². The van der Waals surface area contributed by atoms with Crippen LogP contribution in [0.15, 0.2) is 18.5 Å². The largest absolute Gasteiger partial charge is 0.490 e. The lowest BCUT2D eigenvalue weighted by Gasteiger charge is -2.27. The molecule has 4 heteroatoms. The molecule has 132 valence electrons. The third kappa shape index (κ3) is 4.28. The molecular weight excluding hydrogens is 300 g/mol. The zero-order chi connectivity index (χ0) is 16.2. The number of hydrogen-bond acceptors (Lipinski definition) is 4. The molecule has 4 nitrogen and oxygen atoms in total. The highest BCUT2D eigenvalue weighted by Crippen LogP contribution is 2.49. The van der Waals surface area contributed by atoms with Crippen molar-refractivity contribution in [3.63, 3.8) is 0 Å². The summed E-state index contributed by atoms with van der Waals surface area (Å²) in [6, 6.07) is 2.72. The predicted octanol–water partition coefficient (Wildman–Crippen LogP) is 3.67. The molecule has 3 fully saturated rings. The first-order valence-electron chi connectivity index (χ1n) is 9.81. The van der Waals surface area contributed by atoms with Crippen molar-refractivity contribution in [2.24, 2.45) is 5.92 Å². The SMILES string of the molecule is c1ncc([C@H]2C[C@H]2CCOC2CCCCC2)cc1OC[C@@H]1CCN1. The third-order valence-electron chi connectivity index (χ3n) is 5.86. The molecule has 1 aromatic heterocycles. The van der Waals surface area contributed by atoms with Crippen molar-refractivity contribution in [2.75, 3.05) is 19.8 Å². The fraction of sp³-hybridized carbons (Fsp3) is 0.750. The van der Waals surface area contributed by atoms with Crippen molar-refractivity contribution in [3.05, 3.63) is 24.0 Å². The van der Waals surface area contributed by atoms with E-state index < -0.39 is 0 Å². The number of nitrogens with one attached hydrogen (secondary N) is 1. The average Bonchev–Trinajstić information content (AvgIpc) is 3.34. The van der Waals surface area contributed by atoms with E-state index in [4.69, 9.17) is 9.47 Å². The molecule has 0 amide bonds. The first-order valence-corrected chi connectivity index (χ1v) is 9.81. The summed E-state index contributed by atoms with van der Waals surface area (Å²) in [6.45, 7) is 2.82. The maximum atomic E-state index is 6.08. The molecule has 0 unspecified atom stereocenters. The summed E-state index contributed by atoms with van der Waals surface area (Å²) in [7, 11) is 0. The summed E-state index contributed by atoms with van der Waals surface area (Å²) in [4.78, 5) is 4.38. The van der Waals surface area contributed by atoms with Gasteiger partial charge in [-0.2, -0.15) is 0 Å². The lowest BCUT2D eigenvalue weighted by atomic mass is 9.98. The van der Waals surface area contributed by atoms with E-state index >= 15 is 0 Å². The van der Waals surface area contributed by atoms with Crippen LogP contribution in [0.5, 0.6) is 5.75 Å². The van der Waals surface area contributed by atoms with Gasteiger partial charge in [0.2, 0.25) is 0 Å². The van der Waals surface area contributed by atoms with Gasteiger partial charge >= 0.3 is 0 Å². The fourth-order valence-electron chi connectivity index (χ4n) is 4.00. The summed E-state index contributed by atoms with van der Waals surface area (Å²) in [5, 5.41) is 3.36. The van der Waals surface area contributed by atoms with Crippen LogP contribution in [0, 0.1) is 5.92 Å². The van der Waals surface area contributed by atoms with Gasteiger partial charge in [-0.25, -0.2) is 0 Å². The van der Waals surface area contributed by atoms with Crippen molar-refractivity contribution in [2.45, 2.75) is 69.4 Å². The van der Waals surface area contributed by atoms with Gasteiger partial charge in [-0.05, 0) is 62.1 Å². The lowest BCUT2D eigenvalue weighted by Crippen LogP contribution is -2.46. The van der Waals surface area contributed by atoms with Gasteiger partial charge in [-0.3, -0.25) is 4.98 Å². The highest BCUT2D eigenvalue weighted by atomic mass is 16.5. The summed E-state index contributed by atoms with van der Waals surface area (Å²) in [5.41, 5.74) is 1.34. The Morgan fingerprint density at radius 2 is 2.00 bits per heavy atom. The topological polar surface area (TPSA) is 43.4 Å². The Bertz CT molecular complexity index is 526. The van der Waals surface area contributed by atoms with Crippen molar-refractivity contribution < 1.29 is 9.47 Å². The molecule has 2 heterocycles. The molecule has 3 aliphatic rings. The van der Waals surface area contributed by atoms with Gasteiger partial charge in [0.1, 0.15) is 12.4 Å². The van der Waals surface area contributed by atoms with Crippen LogP contribution in [-0.4, -0.2) is 36.9 Å². The normalized spacial score (nSPS) is 29.9. The minimum absolute atomic E-state index is 0.527. The second-order valence-electron chi connectivity index (χ2n) is 7.73. The standard InChI is InChI=1S/C20H30N2O2/c1-2-4-18(5-3-1)23-9-7-15-11-20(15)16-10-19(13-21-12-16)24-14-17-6-8-22-17/h10,12-13,15,17-18,20,22H,1-9,11,14H2/t15-,17+,20+/m1/s1. The van der Waals surface area contributed by atoms with Crippen LogP contribution >= 0.6 is 0 Å². The van der Waals surface area contributed by atoms with Crippen molar-refractivity contribution in [1.29, 1.82) is 0 Å². The van der Waals surface area contributed by atoms with Crippen molar-refractivity contribution >= 4 is 0 Å². The van der Waals surface area contributed by atoms with E-state index in [2.05, 4.69) is 16.4 Å². The van der Waals surface area contributed by atoms with Gasteiger partial charge in [0, 0.05) is 18.8 Å². The van der Waals surface area contributed by atoms with Gasteiger partial charge in [0.25, 0.3) is 0 Å². The minimum Gasteiger partial charge on any atom is -0.490 e. The van der Waals surface area contributed by atoms with Crippen LogP contribution in [-0.2, 0) is 4.74 Å². The van der Waals surface area contributed by atoms with Gasteiger partial charge in [-0.15, -0.1) is 0 Å². The van der Waals surface area contributed by atoms with E-state index in [1.807, 2.05) is 12.4 Å².